The molecule has 0 unspecified atom stereocenters. The summed E-state index contributed by atoms with van der Waals surface area (Å²) in [4.78, 5) is 5.26. The summed E-state index contributed by atoms with van der Waals surface area (Å²) >= 11 is 7.66. The molecule has 5 heteroatoms. The van der Waals surface area contributed by atoms with Crippen molar-refractivity contribution in [1.29, 1.82) is 0 Å². The molecule has 1 aromatic heterocycles. The quantitative estimate of drug-likeness (QED) is 0.921. The lowest BCUT2D eigenvalue weighted by molar-refractivity contribution is 0.454. The van der Waals surface area contributed by atoms with Gasteiger partial charge in [0.15, 0.2) is 0 Å². The fourth-order valence-electron chi connectivity index (χ4n) is 1.46. The number of benzene rings is 1. The molecule has 0 aliphatic heterocycles. The first-order valence-corrected chi connectivity index (χ1v) is 6.42. The molecule has 2 rings (SSSR count). The largest absolute Gasteiger partial charge is 0.439 e. The molecule has 0 atom stereocenters. The third-order valence-electron chi connectivity index (χ3n) is 2.20. The zero-order chi connectivity index (χ0) is 12.3. The van der Waals surface area contributed by atoms with Gasteiger partial charge in [-0.05, 0) is 37.4 Å². The molecular formula is C12H13ClN2OS. The zero-order valence-electron chi connectivity index (χ0n) is 9.66. The van der Waals surface area contributed by atoms with E-state index in [1.165, 1.54) is 11.8 Å². The number of nitrogens with zero attached hydrogens (tertiary/aromatic N) is 1. The van der Waals surface area contributed by atoms with E-state index >= 15 is 0 Å². The van der Waals surface area contributed by atoms with Gasteiger partial charge in [-0.25, -0.2) is 4.98 Å². The number of aryl methyl sites for hydroxylation is 1. The number of aromatic nitrogens is 1. The predicted octanol–water partition coefficient (Wildman–Crippen LogP) is 3.51. The van der Waals surface area contributed by atoms with Crippen molar-refractivity contribution in [3.8, 4) is 0 Å². The van der Waals surface area contributed by atoms with Crippen LogP contribution in [0.25, 0.3) is 0 Å². The van der Waals surface area contributed by atoms with Crippen molar-refractivity contribution < 1.29 is 4.42 Å². The lowest BCUT2D eigenvalue weighted by atomic mass is 10.2. The summed E-state index contributed by atoms with van der Waals surface area (Å²) in [7, 11) is 1.91. The van der Waals surface area contributed by atoms with Crippen LogP contribution < -0.4 is 5.32 Å². The summed E-state index contributed by atoms with van der Waals surface area (Å²) in [6.07, 6.45) is 1.64. The highest BCUT2D eigenvalue weighted by Gasteiger charge is 2.11. The molecule has 0 saturated heterocycles. The average Bonchev–Trinajstić information content (AvgIpc) is 2.70. The molecule has 0 saturated carbocycles. The number of halogens is 1. The third-order valence-corrected chi connectivity index (χ3v) is 3.68. The van der Waals surface area contributed by atoms with Crippen LogP contribution in [0.2, 0.25) is 5.02 Å². The summed E-state index contributed by atoms with van der Waals surface area (Å²) in [5.74, 6) is 0. The van der Waals surface area contributed by atoms with Crippen LogP contribution in [0.1, 0.15) is 11.3 Å². The van der Waals surface area contributed by atoms with Gasteiger partial charge in [0.1, 0.15) is 6.26 Å². The Kier molecular flexibility index (Phi) is 4.10. The van der Waals surface area contributed by atoms with Crippen molar-refractivity contribution in [2.75, 3.05) is 7.05 Å². The van der Waals surface area contributed by atoms with Crippen LogP contribution in [0.3, 0.4) is 0 Å². The molecule has 0 aliphatic carbocycles. The van der Waals surface area contributed by atoms with Crippen molar-refractivity contribution in [3.05, 3.63) is 40.7 Å². The Hall–Kier alpha value is -0.970. The lowest BCUT2D eigenvalue weighted by Crippen LogP contribution is -2.06. The predicted molar refractivity (Wildman–Crippen MR) is 69.6 cm³/mol. The van der Waals surface area contributed by atoms with E-state index in [2.05, 4.69) is 10.3 Å². The SMILES string of the molecule is CNCc1cccc(Cl)c1Sc1nc(C)co1. The highest BCUT2D eigenvalue weighted by molar-refractivity contribution is 7.99. The van der Waals surface area contributed by atoms with E-state index in [0.29, 0.717) is 5.22 Å². The third kappa shape index (κ3) is 3.03. The van der Waals surface area contributed by atoms with Crippen molar-refractivity contribution in [2.24, 2.45) is 0 Å². The molecule has 2 aromatic rings. The summed E-state index contributed by atoms with van der Waals surface area (Å²) in [5.41, 5.74) is 2.01. The van der Waals surface area contributed by atoms with Crippen molar-refractivity contribution in [2.45, 2.75) is 23.6 Å². The number of oxazole rings is 1. The minimum Gasteiger partial charge on any atom is -0.439 e. The molecule has 0 amide bonds. The summed E-state index contributed by atoms with van der Waals surface area (Å²) in [6, 6.07) is 5.86. The van der Waals surface area contributed by atoms with E-state index in [1.807, 2.05) is 32.2 Å². The van der Waals surface area contributed by atoms with Crippen molar-refractivity contribution in [1.82, 2.24) is 10.3 Å². The summed E-state index contributed by atoms with van der Waals surface area (Å²) < 4.78 is 5.33. The van der Waals surface area contributed by atoms with E-state index in [9.17, 15) is 0 Å². The van der Waals surface area contributed by atoms with E-state index in [1.54, 1.807) is 6.26 Å². The zero-order valence-corrected chi connectivity index (χ0v) is 11.2. The van der Waals surface area contributed by atoms with Crippen LogP contribution in [0, 0.1) is 6.92 Å². The van der Waals surface area contributed by atoms with Crippen molar-refractivity contribution in [3.63, 3.8) is 0 Å². The van der Waals surface area contributed by atoms with E-state index < -0.39 is 0 Å². The van der Waals surface area contributed by atoms with Gasteiger partial charge in [-0.2, -0.15) is 0 Å². The Bertz CT molecular complexity index is 513. The van der Waals surface area contributed by atoms with Crippen LogP contribution >= 0.6 is 23.4 Å². The maximum absolute atomic E-state index is 6.20. The van der Waals surface area contributed by atoms with Gasteiger partial charge < -0.3 is 9.73 Å². The molecule has 0 spiro atoms. The highest BCUT2D eigenvalue weighted by atomic mass is 35.5. The fourth-order valence-corrected chi connectivity index (χ4v) is 2.67. The molecule has 0 fully saturated rings. The molecule has 0 radical (unpaired) electrons. The van der Waals surface area contributed by atoms with Gasteiger partial charge >= 0.3 is 0 Å². The second-order valence-electron chi connectivity index (χ2n) is 3.62. The lowest BCUT2D eigenvalue weighted by Gasteiger charge is -2.08. The van der Waals surface area contributed by atoms with Gasteiger partial charge in [-0.1, -0.05) is 23.7 Å². The molecule has 1 N–H and O–H groups in total. The van der Waals surface area contributed by atoms with Gasteiger partial charge in [0.25, 0.3) is 5.22 Å². The maximum atomic E-state index is 6.20. The van der Waals surface area contributed by atoms with Gasteiger partial charge in [0.2, 0.25) is 0 Å². The summed E-state index contributed by atoms with van der Waals surface area (Å²) in [5, 5.41) is 4.46. The van der Waals surface area contributed by atoms with E-state index in [4.69, 9.17) is 16.0 Å². The molecule has 90 valence electrons. The van der Waals surface area contributed by atoms with Gasteiger partial charge in [0, 0.05) is 11.4 Å². The number of nitrogens with one attached hydrogen (secondary N) is 1. The second kappa shape index (κ2) is 5.58. The van der Waals surface area contributed by atoms with E-state index in [0.717, 1.165) is 27.7 Å². The topological polar surface area (TPSA) is 38.1 Å². The van der Waals surface area contributed by atoms with Gasteiger partial charge in [-0.15, -0.1) is 0 Å². The van der Waals surface area contributed by atoms with Crippen LogP contribution in [0.15, 0.2) is 39.0 Å². The number of hydrogen-bond acceptors (Lipinski definition) is 4. The van der Waals surface area contributed by atoms with Crippen LogP contribution in [0.4, 0.5) is 0 Å². The Morgan fingerprint density at radius 1 is 1.47 bits per heavy atom. The number of rotatable bonds is 4. The molecule has 3 nitrogen and oxygen atoms in total. The van der Waals surface area contributed by atoms with Crippen LogP contribution in [-0.4, -0.2) is 12.0 Å². The number of hydrogen-bond donors (Lipinski definition) is 1. The standard InChI is InChI=1S/C12H13ClN2OS/c1-8-7-16-12(15-8)17-11-9(6-14-2)4-3-5-10(11)13/h3-5,7,14H,6H2,1-2H3. The van der Waals surface area contributed by atoms with Crippen LogP contribution in [-0.2, 0) is 6.54 Å². The molecular weight excluding hydrogens is 256 g/mol. The van der Waals surface area contributed by atoms with E-state index in [-0.39, 0.29) is 0 Å². The van der Waals surface area contributed by atoms with Gasteiger partial charge in [0.05, 0.1) is 10.7 Å². The highest BCUT2D eigenvalue weighted by Crippen LogP contribution is 2.35. The fraction of sp³-hybridized carbons (Fsp3) is 0.250. The molecule has 0 bridgehead atoms. The Labute approximate surface area is 110 Å². The van der Waals surface area contributed by atoms with Crippen molar-refractivity contribution >= 4 is 23.4 Å². The summed E-state index contributed by atoms with van der Waals surface area (Å²) in [6.45, 7) is 2.66. The first-order valence-electron chi connectivity index (χ1n) is 5.22. The second-order valence-corrected chi connectivity index (χ2v) is 4.98. The molecule has 1 heterocycles. The maximum Gasteiger partial charge on any atom is 0.260 e. The first-order chi connectivity index (χ1) is 8.20. The molecule has 0 aliphatic rings. The smallest absolute Gasteiger partial charge is 0.260 e. The minimum absolute atomic E-state index is 0.618. The molecule has 1 aromatic carbocycles. The Morgan fingerprint density at radius 3 is 2.94 bits per heavy atom. The Morgan fingerprint density at radius 2 is 2.29 bits per heavy atom. The average molecular weight is 269 g/mol. The van der Waals surface area contributed by atoms with Crippen LogP contribution in [0.5, 0.6) is 0 Å². The monoisotopic (exact) mass is 268 g/mol. The Balaban J connectivity index is 2.30. The minimum atomic E-state index is 0.618. The van der Waals surface area contributed by atoms with Gasteiger partial charge in [-0.3, -0.25) is 0 Å². The normalized spacial score (nSPS) is 10.8. The first kappa shape index (κ1) is 12.5. The molecule has 17 heavy (non-hydrogen) atoms.